The maximum Gasteiger partial charge on any atom is 0.326 e. The number of aliphatic hydroxyl groups excluding tert-OH is 1. The van der Waals surface area contributed by atoms with Crippen LogP contribution in [0.15, 0.2) is 0 Å². The molecule has 4 atom stereocenters. The third kappa shape index (κ3) is 10.1. The first kappa shape index (κ1) is 25.6. The Morgan fingerprint density at radius 2 is 1.64 bits per heavy atom. The summed E-state index contributed by atoms with van der Waals surface area (Å²) in [4.78, 5) is 57.9. The van der Waals surface area contributed by atoms with Gasteiger partial charge in [-0.05, 0) is 25.4 Å². The van der Waals surface area contributed by atoms with E-state index in [4.69, 9.17) is 15.9 Å². The summed E-state index contributed by atoms with van der Waals surface area (Å²) in [6, 6.07) is -4.04. The Labute approximate surface area is 165 Å². The molecule has 0 aromatic rings. The summed E-state index contributed by atoms with van der Waals surface area (Å²) in [6.07, 6.45) is -0.0641. The highest BCUT2D eigenvalue weighted by molar-refractivity contribution is 7.98. The molecular weight excluding hydrogens is 396 g/mol. The maximum atomic E-state index is 12.2. The van der Waals surface area contributed by atoms with Gasteiger partial charge in [-0.1, -0.05) is 0 Å². The van der Waals surface area contributed by atoms with Gasteiger partial charge in [0.2, 0.25) is 17.7 Å². The Hall–Kier alpha value is -2.38. The van der Waals surface area contributed by atoms with Gasteiger partial charge in [0.25, 0.3) is 0 Å². The van der Waals surface area contributed by atoms with Crippen LogP contribution in [0.5, 0.6) is 0 Å². The standard InChI is InChI=1S/C15H26N4O8S/c1-7(20)12(16)14(25)17-6-10(21)18-9(5-11(22)23)13(24)19-8(15(26)27)3-4-28-2/h7-9,12,20H,3-6,16H2,1-2H3,(H,17,25)(H,18,21)(H,19,24)(H,22,23)(H,26,27). The van der Waals surface area contributed by atoms with Crippen LogP contribution in [0.2, 0.25) is 0 Å². The molecular formula is C15H26N4O8S. The van der Waals surface area contributed by atoms with Crippen LogP contribution in [0, 0.1) is 0 Å². The average Bonchev–Trinajstić information content (AvgIpc) is 2.60. The van der Waals surface area contributed by atoms with Crippen molar-refractivity contribution in [1.29, 1.82) is 0 Å². The van der Waals surface area contributed by atoms with Crippen molar-refractivity contribution >= 4 is 41.4 Å². The van der Waals surface area contributed by atoms with Crippen LogP contribution in [-0.2, 0) is 24.0 Å². The topological polar surface area (TPSA) is 208 Å². The Kier molecular flexibility index (Phi) is 11.8. The molecule has 0 aliphatic rings. The molecule has 160 valence electrons. The molecule has 12 nitrogen and oxygen atoms in total. The number of nitrogens with one attached hydrogen (secondary N) is 3. The second-order valence-electron chi connectivity index (χ2n) is 5.88. The Morgan fingerprint density at radius 3 is 2.11 bits per heavy atom. The third-order valence-corrected chi connectivity index (χ3v) is 4.15. The zero-order valence-corrected chi connectivity index (χ0v) is 16.3. The van der Waals surface area contributed by atoms with Crippen molar-refractivity contribution in [3.05, 3.63) is 0 Å². The lowest BCUT2D eigenvalue weighted by Crippen LogP contribution is -2.55. The van der Waals surface area contributed by atoms with Gasteiger partial charge in [0, 0.05) is 0 Å². The number of hydrogen-bond donors (Lipinski definition) is 7. The van der Waals surface area contributed by atoms with E-state index in [1.807, 2.05) is 0 Å². The molecule has 0 bridgehead atoms. The minimum absolute atomic E-state index is 0.114. The third-order valence-electron chi connectivity index (χ3n) is 3.50. The smallest absolute Gasteiger partial charge is 0.326 e. The maximum absolute atomic E-state index is 12.2. The van der Waals surface area contributed by atoms with E-state index >= 15 is 0 Å². The van der Waals surface area contributed by atoms with E-state index in [0.717, 1.165) is 0 Å². The van der Waals surface area contributed by atoms with Crippen LogP contribution in [0.25, 0.3) is 0 Å². The largest absolute Gasteiger partial charge is 0.481 e. The van der Waals surface area contributed by atoms with Gasteiger partial charge in [-0.15, -0.1) is 0 Å². The Morgan fingerprint density at radius 1 is 1.04 bits per heavy atom. The van der Waals surface area contributed by atoms with Gasteiger partial charge in [-0.3, -0.25) is 19.2 Å². The van der Waals surface area contributed by atoms with Gasteiger partial charge in [-0.25, -0.2) is 4.79 Å². The molecule has 0 aromatic heterocycles. The minimum atomic E-state index is -1.54. The molecule has 28 heavy (non-hydrogen) atoms. The van der Waals surface area contributed by atoms with Crippen molar-refractivity contribution in [3.63, 3.8) is 0 Å². The number of rotatable bonds is 13. The molecule has 13 heteroatoms. The number of hydrogen-bond acceptors (Lipinski definition) is 8. The van der Waals surface area contributed by atoms with E-state index in [0.29, 0.717) is 5.75 Å². The number of carbonyl (C=O) groups is 5. The van der Waals surface area contributed by atoms with Gasteiger partial charge in [0.1, 0.15) is 18.1 Å². The molecule has 0 aromatic carbocycles. The normalized spacial score (nSPS) is 14.9. The van der Waals surface area contributed by atoms with Crippen molar-refractivity contribution in [2.24, 2.45) is 5.73 Å². The predicted octanol–water partition coefficient (Wildman–Crippen LogP) is -2.91. The van der Waals surface area contributed by atoms with Crippen LogP contribution < -0.4 is 21.7 Å². The summed E-state index contributed by atoms with van der Waals surface area (Å²) in [7, 11) is 0. The fourth-order valence-corrected chi connectivity index (χ4v) is 2.37. The molecule has 8 N–H and O–H groups in total. The second-order valence-corrected chi connectivity index (χ2v) is 6.87. The lowest BCUT2D eigenvalue weighted by atomic mass is 10.1. The van der Waals surface area contributed by atoms with Crippen LogP contribution >= 0.6 is 11.8 Å². The van der Waals surface area contributed by atoms with Crippen molar-refractivity contribution in [2.45, 2.75) is 44.0 Å². The zero-order chi connectivity index (χ0) is 21.9. The fraction of sp³-hybridized carbons (Fsp3) is 0.667. The van der Waals surface area contributed by atoms with Gasteiger partial charge in [0.05, 0.1) is 19.1 Å². The van der Waals surface area contributed by atoms with Gasteiger partial charge < -0.3 is 37.0 Å². The van der Waals surface area contributed by atoms with E-state index < -0.39 is 66.9 Å². The summed E-state index contributed by atoms with van der Waals surface area (Å²) < 4.78 is 0. The second kappa shape index (κ2) is 12.9. The van der Waals surface area contributed by atoms with Crippen LogP contribution in [-0.4, -0.2) is 87.8 Å². The van der Waals surface area contributed by atoms with Crippen LogP contribution in [0.4, 0.5) is 0 Å². The first-order valence-corrected chi connectivity index (χ1v) is 9.63. The highest BCUT2D eigenvalue weighted by atomic mass is 32.2. The summed E-state index contributed by atoms with van der Waals surface area (Å²) in [5, 5.41) is 33.7. The molecule has 0 aliphatic heterocycles. The lowest BCUT2D eigenvalue weighted by Gasteiger charge is -2.20. The Bertz CT molecular complexity index is 586. The fourth-order valence-electron chi connectivity index (χ4n) is 1.90. The van der Waals surface area contributed by atoms with E-state index in [2.05, 4.69) is 16.0 Å². The van der Waals surface area contributed by atoms with Crippen molar-refractivity contribution in [1.82, 2.24) is 16.0 Å². The molecule has 0 aliphatic carbocycles. The first-order valence-electron chi connectivity index (χ1n) is 8.24. The first-order chi connectivity index (χ1) is 13.0. The minimum Gasteiger partial charge on any atom is -0.481 e. The number of thioether (sulfide) groups is 1. The number of nitrogens with two attached hydrogens (primary N) is 1. The molecule has 4 unspecified atom stereocenters. The summed E-state index contributed by atoms with van der Waals surface area (Å²) in [5.41, 5.74) is 5.39. The van der Waals surface area contributed by atoms with Gasteiger partial charge >= 0.3 is 11.9 Å². The SMILES string of the molecule is CSCCC(NC(=O)C(CC(=O)O)NC(=O)CNC(=O)C(N)C(C)O)C(=O)O. The van der Waals surface area contributed by atoms with E-state index in [1.54, 1.807) is 6.26 Å². The highest BCUT2D eigenvalue weighted by Crippen LogP contribution is 2.03. The van der Waals surface area contributed by atoms with E-state index in [-0.39, 0.29) is 6.42 Å². The van der Waals surface area contributed by atoms with Gasteiger partial charge in [-0.2, -0.15) is 11.8 Å². The molecule has 0 saturated carbocycles. The number of carboxylic acid groups (broad SMARTS) is 2. The number of aliphatic hydroxyl groups is 1. The molecule has 0 spiro atoms. The van der Waals surface area contributed by atoms with Crippen molar-refractivity contribution in [3.8, 4) is 0 Å². The van der Waals surface area contributed by atoms with Gasteiger partial charge in [0.15, 0.2) is 0 Å². The Balaban J connectivity index is 4.89. The number of aliphatic carboxylic acids is 2. The molecule has 0 heterocycles. The molecule has 3 amide bonds. The molecule has 0 saturated heterocycles. The van der Waals surface area contributed by atoms with E-state index in [1.165, 1.54) is 18.7 Å². The van der Waals surface area contributed by atoms with E-state index in [9.17, 15) is 29.1 Å². The van der Waals surface area contributed by atoms with Crippen LogP contribution in [0.3, 0.4) is 0 Å². The average molecular weight is 422 g/mol. The summed E-state index contributed by atoms with van der Waals surface area (Å²) in [5.74, 6) is -4.91. The zero-order valence-electron chi connectivity index (χ0n) is 15.5. The molecule has 0 fully saturated rings. The predicted molar refractivity (Wildman–Crippen MR) is 99.4 cm³/mol. The lowest BCUT2D eigenvalue weighted by molar-refractivity contribution is -0.143. The summed E-state index contributed by atoms with van der Waals surface area (Å²) >= 11 is 1.37. The summed E-state index contributed by atoms with van der Waals surface area (Å²) in [6.45, 7) is 0.672. The van der Waals surface area contributed by atoms with Crippen molar-refractivity contribution < 1.29 is 39.3 Å². The van der Waals surface area contributed by atoms with Crippen LogP contribution in [0.1, 0.15) is 19.8 Å². The molecule has 0 rings (SSSR count). The number of amides is 3. The quantitative estimate of drug-likeness (QED) is 0.161. The number of carbonyl (C=O) groups excluding carboxylic acids is 3. The van der Waals surface area contributed by atoms with Crippen molar-refractivity contribution in [2.75, 3.05) is 18.6 Å². The monoisotopic (exact) mass is 422 g/mol. The molecule has 0 radical (unpaired) electrons. The number of carboxylic acids is 2. The highest BCUT2D eigenvalue weighted by Gasteiger charge is 2.28.